The standard InChI is InChI=1S/C10H12N2O.ClH/c1-2-6-13-9-5-3-4-8(7-9)10(11)12;/h2-5,7H,1,6H2,(H3,11,12);1H. The van der Waals surface area contributed by atoms with Crippen LogP contribution in [0.1, 0.15) is 5.56 Å². The average molecular weight is 213 g/mol. The zero-order valence-electron chi connectivity index (χ0n) is 7.69. The quantitative estimate of drug-likeness (QED) is 0.455. The lowest BCUT2D eigenvalue weighted by Crippen LogP contribution is -2.10. The number of halogens is 1. The van der Waals surface area contributed by atoms with Gasteiger partial charge < -0.3 is 10.5 Å². The third-order valence-corrected chi connectivity index (χ3v) is 1.51. The van der Waals surface area contributed by atoms with Gasteiger partial charge in [-0.1, -0.05) is 24.8 Å². The van der Waals surface area contributed by atoms with Crippen molar-refractivity contribution in [1.29, 1.82) is 5.41 Å². The molecule has 1 aromatic carbocycles. The second-order valence-electron chi connectivity index (χ2n) is 2.54. The summed E-state index contributed by atoms with van der Waals surface area (Å²) in [6.45, 7) is 4.00. The fourth-order valence-corrected chi connectivity index (χ4v) is 0.909. The van der Waals surface area contributed by atoms with Gasteiger partial charge in [-0.3, -0.25) is 5.41 Å². The third-order valence-electron chi connectivity index (χ3n) is 1.51. The van der Waals surface area contributed by atoms with Gasteiger partial charge in [0.15, 0.2) is 0 Å². The van der Waals surface area contributed by atoms with Crippen LogP contribution in [0, 0.1) is 5.41 Å². The van der Waals surface area contributed by atoms with Crippen LogP contribution < -0.4 is 10.5 Å². The first kappa shape index (κ1) is 12.5. The molecule has 0 aliphatic rings. The highest BCUT2D eigenvalue weighted by atomic mass is 35.5. The molecule has 76 valence electrons. The molecule has 0 heterocycles. The van der Waals surface area contributed by atoms with Crippen molar-refractivity contribution in [2.45, 2.75) is 0 Å². The van der Waals surface area contributed by atoms with Gasteiger partial charge in [-0.15, -0.1) is 12.4 Å². The van der Waals surface area contributed by atoms with Crippen LogP contribution in [0.15, 0.2) is 36.9 Å². The van der Waals surface area contributed by atoms with Crippen molar-refractivity contribution in [3.8, 4) is 5.75 Å². The molecule has 0 radical (unpaired) electrons. The number of ether oxygens (including phenoxy) is 1. The molecule has 0 fully saturated rings. The molecular weight excluding hydrogens is 200 g/mol. The molecule has 4 heteroatoms. The van der Waals surface area contributed by atoms with Gasteiger partial charge in [0.2, 0.25) is 0 Å². The van der Waals surface area contributed by atoms with Gasteiger partial charge in [-0.25, -0.2) is 0 Å². The first-order valence-corrected chi connectivity index (χ1v) is 3.92. The van der Waals surface area contributed by atoms with Crippen molar-refractivity contribution < 1.29 is 4.74 Å². The Morgan fingerprint density at radius 1 is 1.57 bits per heavy atom. The predicted molar refractivity (Wildman–Crippen MR) is 60.4 cm³/mol. The SMILES string of the molecule is C=CCOc1cccc(C(=N)N)c1.Cl. The molecule has 1 rings (SSSR count). The van der Waals surface area contributed by atoms with E-state index in [9.17, 15) is 0 Å². The van der Waals surface area contributed by atoms with Crippen LogP contribution >= 0.6 is 12.4 Å². The highest BCUT2D eigenvalue weighted by molar-refractivity contribution is 5.95. The molecular formula is C10H13ClN2O. The van der Waals surface area contributed by atoms with Gasteiger partial charge >= 0.3 is 0 Å². The van der Waals surface area contributed by atoms with Crippen molar-refractivity contribution in [3.05, 3.63) is 42.5 Å². The molecule has 0 spiro atoms. The van der Waals surface area contributed by atoms with E-state index >= 15 is 0 Å². The maximum absolute atomic E-state index is 7.21. The van der Waals surface area contributed by atoms with Crippen molar-refractivity contribution in [1.82, 2.24) is 0 Å². The van der Waals surface area contributed by atoms with E-state index in [1.165, 1.54) is 0 Å². The topological polar surface area (TPSA) is 59.1 Å². The number of nitrogens with one attached hydrogen (secondary N) is 1. The Kier molecular flexibility index (Phi) is 5.41. The van der Waals surface area contributed by atoms with E-state index in [0.29, 0.717) is 17.9 Å². The van der Waals surface area contributed by atoms with Crippen molar-refractivity contribution in [3.63, 3.8) is 0 Å². The molecule has 0 aromatic heterocycles. The molecule has 0 aliphatic heterocycles. The molecule has 3 nitrogen and oxygen atoms in total. The van der Waals surface area contributed by atoms with E-state index < -0.39 is 0 Å². The number of benzene rings is 1. The normalized spacial score (nSPS) is 8.57. The summed E-state index contributed by atoms with van der Waals surface area (Å²) in [5, 5.41) is 7.21. The predicted octanol–water partition coefficient (Wildman–Crippen LogP) is 1.96. The van der Waals surface area contributed by atoms with Gasteiger partial charge in [0.05, 0.1) is 0 Å². The van der Waals surface area contributed by atoms with Crippen LogP contribution in [0.25, 0.3) is 0 Å². The maximum Gasteiger partial charge on any atom is 0.122 e. The molecule has 0 saturated heterocycles. The molecule has 14 heavy (non-hydrogen) atoms. The second-order valence-corrected chi connectivity index (χ2v) is 2.54. The molecule has 3 N–H and O–H groups in total. The monoisotopic (exact) mass is 212 g/mol. The Bertz CT molecular complexity index is 326. The largest absolute Gasteiger partial charge is 0.490 e. The zero-order chi connectivity index (χ0) is 9.68. The van der Waals surface area contributed by atoms with Crippen LogP contribution in [0.2, 0.25) is 0 Å². The molecule has 1 aromatic rings. The van der Waals surface area contributed by atoms with Gasteiger partial charge in [0.25, 0.3) is 0 Å². The number of nitrogens with two attached hydrogens (primary N) is 1. The van der Waals surface area contributed by atoms with Crippen molar-refractivity contribution >= 4 is 18.2 Å². The molecule has 0 aliphatic carbocycles. The lowest BCUT2D eigenvalue weighted by Gasteiger charge is -2.04. The van der Waals surface area contributed by atoms with E-state index in [2.05, 4.69) is 6.58 Å². The first-order valence-electron chi connectivity index (χ1n) is 3.92. The first-order chi connectivity index (χ1) is 6.24. The van der Waals surface area contributed by atoms with Crippen molar-refractivity contribution in [2.75, 3.05) is 6.61 Å². The van der Waals surface area contributed by atoms with Crippen LogP contribution in [0.3, 0.4) is 0 Å². The molecule has 0 bridgehead atoms. The lowest BCUT2D eigenvalue weighted by molar-refractivity contribution is 0.363. The van der Waals surface area contributed by atoms with Gasteiger partial charge in [-0.2, -0.15) is 0 Å². The smallest absolute Gasteiger partial charge is 0.122 e. The van der Waals surface area contributed by atoms with E-state index in [-0.39, 0.29) is 18.2 Å². The highest BCUT2D eigenvalue weighted by Crippen LogP contribution is 2.12. The molecule has 0 saturated carbocycles. The summed E-state index contributed by atoms with van der Waals surface area (Å²) in [4.78, 5) is 0. The number of hydrogen-bond donors (Lipinski definition) is 2. The highest BCUT2D eigenvalue weighted by Gasteiger charge is 1.97. The summed E-state index contributed by atoms with van der Waals surface area (Å²) in [6, 6.07) is 7.11. The Labute approximate surface area is 89.5 Å². The van der Waals surface area contributed by atoms with Crippen LogP contribution in [0.5, 0.6) is 5.75 Å². The van der Waals surface area contributed by atoms with E-state index in [0.717, 1.165) is 0 Å². The minimum atomic E-state index is 0. The third kappa shape index (κ3) is 3.49. The minimum Gasteiger partial charge on any atom is -0.490 e. The number of hydrogen-bond acceptors (Lipinski definition) is 2. The summed E-state index contributed by atoms with van der Waals surface area (Å²) >= 11 is 0. The average Bonchev–Trinajstić information content (AvgIpc) is 2.15. The number of nitrogen functional groups attached to an aromatic ring is 1. The maximum atomic E-state index is 7.21. The van der Waals surface area contributed by atoms with E-state index in [1.54, 1.807) is 24.3 Å². The molecule has 0 amide bonds. The Morgan fingerprint density at radius 2 is 2.29 bits per heavy atom. The van der Waals surface area contributed by atoms with Crippen molar-refractivity contribution in [2.24, 2.45) is 5.73 Å². The molecule has 0 unspecified atom stereocenters. The van der Waals surface area contributed by atoms with Gasteiger partial charge in [0, 0.05) is 5.56 Å². The van der Waals surface area contributed by atoms with Crippen LogP contribution in [-0.4, -0.2) is 12.4 Å². The van der Waals surface area contributed by atoms with E-state index in [1.807, 2.05) is 6.07 Å². The van der Waals surface area contributed by atoms with Crippen LogP contribution in [-0.2, 0) is 0 Å². The Morgan fingerprint density at radius 3 is 2.86 bits per heavy atom. The number of rotatable bonds is 4. The minimum absolute atomic E-state index is 0. The van der Waals surface area contributed by atoms with E-state index in [4.69, 9.17) is 15.9 Å². The number of amidine groups is 1. The van der Waals surface area contributed by atoms with Gasteiger partial charge in [-0.05, 0) is 12.1 Å². The van der Waals surface area contributed by atoms with Gasteiger partial charge in [0.1, 0.15) is 18.2 Å². The molecule has 0 atom stereocenters. The fourth-order valence-electron chi connectivity index (χ4n) is 0.909. The Balaban J connectivity index is 0.00000169. The summed E-state index contributed by atoms with van der Waals surface area (Å²) in [5.74, 6) is 0.747. The Hall–Kier alpha value is -1.48. The summed E-state index contributed by atoms with van der Waals surface area (Å²) < 4.78 is 5.28. The zero-order valence-corrected chi connectivity index (χ0v) is 8.51. The summed E-state index contributed by atoms with van der Waals surface area (Å²) in [5.41, 5.74) is 5.99. The second kappa shape index (κ2) is 6.05. The fraction of sp³-hybridized carbons (Fsp3) is 0.100. The summed E-state index contributed by atoms with van der Waals surface area (Å²) in [6.07, 6.45) is 1.67. The lowest BCUT2D eigenvalue weighted by atomic mass is 10.2. The summed E-state index contributed by atoms with van der Waals surface area (Å²) in [7, 11) is 0. The van der Waals surface area contributed by atoms with Crippen LogP contribution in [0.4, 0.5) is 0 Å².